The molecular weight excluding hydrogens is 183 g/mol. The van der Waals surface area contributed by atoms with Gasteiger partial charge in [-0.15, -0.1) is 5.10 Å². The van der Waals surface area contributed by atoms with Gasteiger partial charge < -0.3 is 0 Å². The fourth-order valence-electron chi connectivity index (χ4n) is 1.09. The average Bonchev–Trinajstić information content (AvgIpc) is 2.57. The fourth-order valence-corrected chi connectivity index (χ4v) is 1.09. The Morgan fingerprint density at radius 1 is 1.29 bits per heavy atom. The molecular formula is C9H9FN4. The molecule has 0 atom stereocenters. The van der Waals surface area contributed by atoms with Crippen molar-refractivity contribution in [2.24, 2.45) is 0 Å². The zero-order chi connectivity index (χ0) is 10.1. The molecule has 0 N–H and O–H groups in total. The molecule has 0 bridgehead atoms. The highest BCUT2D eigenvalue weighted by atomic mass is 19.1. The second-order valence-electron chi connectivity index (χ2n) is 3.06. The van der Waals surface area contributed by atoms with Gasteiger partial charge >= 0.3 is 0 Å². The van der Waals surface area contributed by atoms with Crippen molar-refractivity contribution in [3.8, 4) is 5.82 Å². The van der Waals surface area contributed by atoms with Crippen molar-refractivity contribution >= 4 is 0 Å². The van der Waals surface area contributed by atoms with Gasteiger partial charge in [-0.05, 0) is 13.8 Å². The standard InChI is InChI=1S/C9H9FN4/c1-6-4-14(5-11-6)9-3-8(10)7(2)12-13-9/h3-5H,1-2H3. The maximum atomic E-state index is 13.1. The first-order valence-corrected chi connectivity index (χ1v) is 4.17. The molecule has 0 amide bonds. The Hall–Kier alpha value is -1.78. The highest BCUT2D eigenvalue weighted by molar-refractivity contribution is 5.23. The summed E-state index contributed by atoms with van der Waals surface area (Å²) in [6.07, 6.45) is 3.34. The van der Waals surface area contributed by atoms with Gasteiger partial charge in [-0.1, -0.05) is 0 Å². The number of hydrogen-bond donors (Lipinski definition) is 0. The van der Waals surface area contributed by atoms with E-state index in [0.29, 0.717) is 11.5 Å². The summed E-state index contributed by atoms with van der Waals surface area (Å²) in [7, 11) is 0. The summed E-state index contributed by atoms with van der Waals surface area (Å²) >= 11 is 0. The summed E-state index contributed by atoms with van der Waals surface area (Å²) in [5.74, 6) is 0.0788. The van der Waals surface area contributed by atoms with E-state index in [9.17, 15) is 4.39 Å². The Labute approximate surface area is 80.4 Å². The maximum absolute atomic E-state index is 13.1. The van der Waals surface area contributed by atoms with Crippen LogP contribution in [0.15, 0.2) is 18.6 Å². The van der Waals surface area contributed by atoms with Gasteiger partial charge in [-0.2, -0.15) is 5.10 Å². The molecule has 2 heterocycles. The minimum absolute atomic E-state index is 0.297. The molecule has 0 fully saturated rings. The predicted molar refractivity (Wildman–Crippen MR) is 48.6 cm³/mol. The highest BCUT2D eigenvalue weighted by Gasteiger charge is 2.04. The van der Waals surface area contributed by atoms with Crippen molar-refractivity contribution in [1.82, 2.24) is 19.7 Å². The molecule has 0 aliphatic heterocycles. The minimum atomic E-state index is -0.360. The molecule has 72 valence electrons. The van der Waals surface area contributed by atoms with Crippen LogP contribution in [0.2, 0.25) is 0 Å². The lowest BCUT2D eigenvalue weighted by molar-refractivity contribution is 0.598. The van der Waals surface area contributed by atoms with E-state index in [1.165, 1.54) is 6.07 Å². The Bertz CT molecular complexity index is 464. The van der Waals surface area contributed by atoms with Crippen LogP contribution >= 0.6 is 0 Å². The first-order valence-electron chi connectivity index (χ1n) is 4.17. The topological polar surface area (TPSA) is 43.6 Å². The normalized spacial score (nSPS) is 10.5. The van der Waals surface area contributed by atoms with Crippen LogP contribution in [-0.4, -0.2) is 19.7 Å². The molecule has 2 aromatic rings. The van der Waals surface area contributed by atoms with Gasteiger partial charge in [0.2, 0.25) is 0 Å². The SMILES string of the molecule is Cc1cn(-c2cc(F)c(C)nn2)cn1. The van der Waals surface area contributed by atoms with Crippen molar-refractivity contribution in [3.63, 3.8) is 0 Å². The number of hydrogen-bond acceptors (Lipinski definition) is 3. The van der Waals surface area contributed by atoms with E-state index in [1.54, 1.807) is 24.0 Å². The molecule has 0 unspecified atom stereocenters. The van der Waals surface area contributed by atoms with Crippen LogP contribution in [-0.2, 0) is 0 Å². The van der Waals surface area contributed by atoms with Crippen LogP contribution in [0.1, 0.15) is 11.4 Å². The van der Waals surface area contributed by atoms with E-state index in [2.05, 4.69) is 15.2 Å². The molecule has 0 radical (unpaired) electrons. The third-order valence-electron chi connectivity index (χ3n) is 1.88. The van der Waals surface area contributed by atoms with Gasteiger partial charge in [-0.25, -0.2) is 9.37 Å². The van der Waals surface area contributed by atoms with E-state index in [-0.39, 0.29) is 5.82 Å². The highest BCUT2D eigenvalue weighted by Crippen LogP contribution is 2.08. The van der Waals surface area contributed by atoms with Gasteiger partial charge in [0, 0.05) is 12.3 Å². The molecule has 0 aromatic carbocycles. The quantitative estimate of drug-likeness (QED) is 0.686. The molecule has 0 aliphatic carbocycles. The molecule has 4 nitrogen and oxygen atoms in total. The number of aromatic nitrogens is 4. The van der Waals surface area contributed by atoms with Crippen molar-refractivity contribution in [2.75, 3.05) is 0 Å². The van der Waals surface area contributed by atoms with Crippen LogP contribution in [0.3, 0.4) is 0 Å². The largest absolute Gasteiger partial charge is 0.289 e. The molecule has 2 aromatic heterocycles. The van der Waals surface area contributed by atoms with Crippen molar-refractivity contribution in [3.05, 3.63) is 35.8 Å². The zero-order valence-corrected chi connectivity index (χ0v) is 7.90. The van der Waals surface area contributed by atoms with Crippen LogP contribution in [0, 0.1) is 19.7 Å². The minimum Gasteiger partial charge on any atom is -0.289 e. The lowest BCUT2D eigenvalue weighted by atomic mass is 10.4. The monoisotopic (exact) mass is 192 g/mol. The summed E-state index contributed by atoms with van der Waals surface area (Å²) in [6, 6.07) is 1.34. The molecule has 14 heavy (non-hydrogen) atoms. The Morgan fingerprint density at radius 2 is 2.07 bits per heavy atom. The van der Waals surface area contributed by atoms with Crippen molar-refractivity contribution in [1.29, 1.82) is 0 Å². The third-order valence-corrected chi connectivity index (χ3v) is 1.88. The first-order chi connectivity index (χ1) is 6.66. The number of aryl methyl sites for hydroxylation is 2. The van der Waals surface area contributed by atoms with Crippen LogP contribution in [0.4, 0.5) is 4.39 Å². The number of imidazole rings is 1. The molecule has 0 saturated carbocycles. The summed E-state index contributed by atoms with van der Waals surface area (Å²) < 4.78 is 14.8. The average molecular weight is 192 g/mol. The van der Waals surface area contributed by atoms with Crippen molar-refractivity contribution < 1.29 is 4.39 Å². The van der Waals surface area contributed by atoms with E-state index >= 15 is 0 Å². The number of rotatable bonds is 1. The lowest BCUT2D eigenvalue weighted by Gasteiger charge is -2.00. The second kappa shape index (κ2) is 3.17. The number of nitrogens with zero attached hydrogens (tertiary/aromatic N) is 4. The summed E-state index contributed by atoms with van der Waals surface area (Å²) in [6.45, 7) is 3.43. The molecule has 0 spiro atoms. The zero-order valence-electron chi connectivity index (χ0n) is 7.90. The molecule has 5 heteroatoms. The van der Waals surface area contributed by atoms with E-state index < -0.39 is 0 Å². The van der Waals surface area contributed by atoms with Gasteiger partial charge in [0.15, 0.2) is 5.82 Å². The number of halogens is 1. The Morgan fingerprint density at radius 3 is 2.64 bits per heavy atom. The first kappa shape index (κ1) is 8.80. The van der Waals surface area contributed by atoms with Crippen LogP contribution in [0.25, 0.3) is 5.82 Å². The molecule has 0 saturated heterocycles. The predicted octanol–water partition coefficient (Wildman–Crippen LogP) is 1.42. The maximum Gasteiger partial charge on any atom is 0.163 e. The van der Waals surface area contributed by atoms with Gasteiger partial charge in [-0.3, -0.25) is 4.57 Å². The second-order valence-corrected chi connectivity index (χ2v) is 3.06. The Kier molecular flexibility index (Phi) is 1.99. The fraction of sp³-hybridized carbons (Fsp3) is 0.222. The van der Waals surface area contributed by atoms with Crippen molar-refractivity contribution in [2.45, 2.75) is 13.8 Å². The van der Waals surface area contributed by atoms with Crippen LogP contribution < -0.4 is 0 Å². The smallest absolute Gasteiger partial charge is 0.163 e. The van der Waals surface area contributed by atoms with Gasteiger partial charge in [0.1, 0.15) is 12.1 Å². The van der Waals surface area contributed by atoms with Gasteiger partial charge in [0.25, 0.3) is 0 Å². The van der Waals surface area contributed by atoms with Crippen LogP contribution in [0.5, 0.6) is 0 Å². The van der Waals surface area contributed by atoms with Gasteiger partial charge in [0.05, 0.1) is 11.4 Å². The summed E-state index contributed by atoms with van der Waals surface area (Å²) in [4.78, 5) is 4.02. The van der Waals surface area contributed by atoms with E-state index in [1.807, 2.05) is 6.92 Å². The molecule has 2 rings (SSSR count). The molecule has 0 aliphatic rings. The summed E-state index contributed by atoms with van der Waals surface area (Å²) in [5.41, 5.74) is 1.15. The van der Waals surface area contributed by atoms with E-state index in [0.717, 1.165) is 5.69 Å². The van der Waals surface area contributed by atoms with E-state index in [4.69, 9.17) is 0 Å². The lowest BCUT2D eigenvalue weighted by Crippen LogP contribution is -2.00. The third kappa shape index (κ3) is 1.48. The Balaban J connectivity index is 2.47. The summed E-state index contributed by atoms with van der Waals surface area (Å²) in [5, 5.41) is 7.55.